The number of nitrogens with one attached hydrogen (secondary N) is 1. The summed E-state index contributed by atoms with van der Waals surface area (Å²) in [6.07, 6.45) is 2.70. The summed E-state index contributed by atoms with van der Waals surface area (Å²) in [7, 11) is 0. The van der Waals surface area contributed by atoms with E-state index in [9.17, 15) is 27.2 Å². The van der Waals surface area contributed by atoms with Gasteiger partial charge in [-0.1, -0.05) is 6.07 Å². The molecule has 6 rings (SSSR count). The Hall–Kier alpha value is -2.72. The molecular weight excluding hydrogens is 442 g/mol. The van der Waals surface area contributed by atoms with Crippen LogP contribution in [0.2, 0.25) is 0 Å². The van der Waals surface area contributed by atoms with E-state index in [4.69, 9.17) is 0 Å². The average molecular weight is 465 g/mol. The maximum absolute atomic E-state index is 13.2. The van der Waals surface area contributed by atoms with Crippen LogP contribution in [0.15, 0.2) is 18.2 Å². The molecule has 1 saturated heterocycles. The number of rotatable bonds is 4. The van der Waals surface area contributed by atoms with E-state index < -0.39 is 41.9 Å². The van der Waals surface area contributed by atoms with Crippen molar-refractivity contribution in [1.29, 1.82) is 0 Å². The van der Waals surface area contributed by atoms with Crippen molar-refractivity contribution in [1.82, 2.24) is 19.5 Å². The topological polar surface area (TPSA) is 79.6 Å². The molecule has 3 heterocycles. The van der Waals surface area contributed by atoms with Crippen molar-refractivity contribution in [3.05, 3.63) is 23.9 Å². The molecule has 2 aromatic heterocycles. The van der Waals surface area contributed by atoms with Crippen LogP contribution in [0.3, 0.4) is 0 Å². The van der Waals surface area contributed by atoms with Crippen LogP contribution < -0.4 is 5.32 Å². The zero-order chi connectivity index (χ0) is 23.2. The lowest BCUT2D eigenvalue weighted by Crippen LogP contribution is -2.60. The van der Waals surface area contributed by atoms with Gasteiger partial charge in [0.1, 0.15) is 11.8 Å². The lowest BCUT2D eigenvalue weighted by atomic mass is 9.65. The summed E-state index contributed by atoms with van der Waals surface area (Å²) < 4.78 is 54.3. The van der Waals surface area contributed by atoms with Crippen molar-refractivity contribution in [3.63, 3.8) is 0 Å². The third kappa shape index (κ3) is 3.47. The van der Waals surface area contributed by atoms with Crippen molar-refractivity contribution < 1.29 is 27.2 Å². The van der Waals surface area contributed by atoms with Crippen molar-refractivity contribution in [2.75, 3.05) is 18.4 Å². The number of nitrogens with zero attached hydrogens (tertiary/aromatic N) is 4. The molecule has 2 unspecified atom stereocenters. The number of amides is 2. The van der Waals surface area contributed by atoms with Crippen LogP contribution in [0.1, 0.15) is 50.1 Å². The number of fused-ring (bicyclic) bond motifs is 1. The summed E-state index contributed by atoms with van der Waals surface area (Å²) >= 11 is 0. The van der Waals surface area contributed by atoms with E-state index in [0.717, 1.165) is 31.4 Å². The first-order valence-corrected chi connectivity index (χ1v) is 11.3. The zero-order valence-electron chi connectivity index (χ0n) is 17.7. The minimum absolute atomic E-state index is 0.00122. The SMILES string of the molecule is O=C(Nc1nc2cccc(C3CCC4(CC3)CN(C(=O)C3CC3(F)F)C4)n2n1)C1CC1(F)F. The Morgan fingerprint density at radius 1 is 1.00 bits per heavy atom. The van der Waals surface area contributed by atoms with Crippen LogP contribution in [0.5, 0.6) is 0 Å². The van der Waals surface area contributed by atoms with Crippen molar-refractivity contribution in [2.45, 2.75) is 56.3 Å². The molecule has 3 aliphatic carbocycles. The van der Waals surface area contributed by atoms with E-state index >= 15 is 0 Å². The lowest BCUT2D eigenvalue weighted by molar-refractivity contribution is -0.149. The highest BCUT2D eigenvalue weighted by Gasteiger charge is 2.64. The molecule has 11 heteroatoms. The Kier molecular flexibility index (Phi) is 4.21. The van der Waals surface area contributed by atoms with Gasteiger partial charge in [-0.05, 0) is 37.8 Å². The van der Waals surface area contributed by atoms with Gasteiger partial charge in [-0.3, -0.25) is 14.9 Å². The summed E-state index contributed by atoms with van der Waals surface area (Å²) in [6.45, 7) is 1.08. The molecule has 1 spiro atoms. The minimum atomic E-state index is -2.95. The van der Waals surface area contributed by atoms with Gasteiger partial charge in [-0.2, -0.15) is 4.98 Å². The van der Waals surface area contributed by atoms with E-state index in [2.05, 4.69) is 15.4 Å². The smallest absolute Gasteiger partial charge is 0.260 e. The van der Waals surface area contributed by atoms with Crippen molar-refractivity contribution >= 4 is 23.4 Å². The summed E-state index contributed by atoms with van der Waals surface area (Å²) in [6, 6.07) is 5.53. The fraction of sp³-hybridized carbons (Fsp3) is 0.636. The molecule has 0 bridgehead atoms. The predicted octanol–water partition coefficient (Wildman–Crippen LogP) is 3.46. The second-order valence-corrected chi connectivity index (χ2v) is 10.1. The van der Waals surface area contributed by atoms with Gasteiger partial charge >= 0.3 is 0 Å². The first kappa shape index (κ1) is 20.9. The van der Waals surface area contributed by atoms with Gasteiger partial charge in [0, 0.05) is 43.0 Å². The largest absolute Gasteiger partial charge is 0.341 e. The molecule has 4 aliphatic rings. The zero-order valence-corrected chi connectivity index (χ0v) is 17.7. The highest BCUT2D eigenvalue weighted by Crippen LogP contribution is 2.53. The Balaban J connectivity index is 1.10. The molecule has 2 aromatic rings. The first-order valence-electron chi connectivity index (χ1n) is 11.3. The van der Waals surface area contributed by atoms with Crippen LogP contribution in [-0.2, 0) is 9.59 Å². The van der Waals surface area contributed by atoms with Crippen molar-refractivity contribution in [3.8, 4) is 0 Å². The molecule has 7 nitrogen and oxygen atoms in total. The number of aromatic nitrogens is 3. The number of halogens is 4. The standard InChI is InChI=1S/C22H23F4N5O2/c23-21(24)8-13(21)17(32)28-19-27-16-3-1-2-15(31(16)29-19)12-4-6-20(7-5-12)10-30(11-20)18(33)14-9-22(14,25)26/h1-3,12-14H,4-11H2,(H,28,29,32). The average Bonchev–Trinajstić information content (AvgIpc) is 3.51. The summed E-state index contributed by atoms with van der Waals surface area (Å²) in [5.74, 6) is -9.22. The van der Waals surface area contributed by atoms with Gasteiger partial charge in [0.15, 0.2) is 5.65 Å². The van der Waals surface area contributed by atoms with Crippen LogP contribution >= 0.6 is 0 Å². The molecule has 0 radical (unpaired) electrons. The Morgan fingerprint density at radius 2 is 1.64 bits per heavy atom. The number of alkyl halides is 4. The Morgan fingerprint density at radius 3 is 2.24 bits per heavy atom. The van der Waals surface area contributed by atoms with Gasteiger partial charge in [0.2, 0.25) is 17.8 Å². The van der Waals surface area contributed by atoms with Gasteiger partial charge in [-0.15, -0.1) is 5.10 Å². The van der Waals surface area contributed by atoms with Gasteiger partial charge in [0.25, 0.3) is 11.8 Å². The predicted molar refractivity (Wildman–Crippen MR) is 108 cm³/mol. The van der Waals surface area contributed by atoms with Crippen molar-refractivity contribution in [2.24, 2.45) is 17.3 Å². The van der Waals surface area contributed by atoms with Gasteiger partial charge < -0.3 is 4.90 Å². The molecule has 1 aliphatic heterocycles. The molecule has 176 valence electrons. The van der Waals surface area contributed by atoms with E-state index in [-0.39, 0.29) is 23.7 Å². The van der Waals surface area contributed by atoms with Crippen LogP contribution in [-0.4, -0.2) is 56.2 Å². The Labute approximate surface area is 186 Å². The third-order valence-corrected chi connectivity index (χ3v) is 7.72. The van der Waals surface area contributed by atoms with Gasteiger partial charge in [0.05, 0.1) is 0 Å². The Bertz CT molecular complexity index is 1150. The number of pyridine rings is 1. The normalized spacial score (nSPS) is 29.0. The van der Waals surface area contributed by atoms with E-state index in [1.54, 1.807) is 15.5 Å². The molecule has 2 amide bonds. The number of hydrogen-bond donors (Lipinski definition) is 1. The maximum Gasteiger partial charge on any atom is 0.260 e. The highest BCUT2D eigenvalue weighted by molar-refractivity contribution is 5.94. The fourth-order valence-electron chi connectivity index (χ4n) is 5.45. The van der Waals surface area contributed by atoms with Crippen LogP contribution in [0.25, 0.3) is 5.65 Å². The summed E-state index contributed by atoms with van der Waals surface area (Å²) in [4.78, 5) is 30.0. The van der Waals surface area contributed by atoms with Crippen LogP contribution in [0, 0.1) is 17.3 Å². The molecule has 0 aromatic carbocycles. The molecule has 3 saturated carbocycles. The molecular formula is C22H23F4N5O2. The van der Waals surface area contributed by atoms with E-state index in [1.807, 2.05) is 12.1 Å². The summed E-state index contributed by atoms with van der Waals surface area (Å²) in [5.41, 5.74) is 1.45. The fourth-order valence-corrected chi connectivity index (χ4v) is 5.45. The molecule has 4 fully saturated rings. The second-order valence-electron chi connectivity index (χ2n) is 10.1. The second kappa shape index (κ2) is 6.66. The maximum atomic E-state index is 13.2. The van der Waals surface area contributed by atoms with Gasteiger partial charge in [-0.25, -0.2) is 22.1 Å². The lowest BCUT2D eigenvalue weighted by Gasteiger charge is -2.53. The number of hydrogen-bond acceptors (Lipinski definition) is 4. The summed E-state index contributed by atoms with van der Waals surface area (Å²) in [5, 5.41) is 6.73. The minimum Gasteiger partial charge on any atom is -0.341 e. The number of anilines is 1. The molecule has 2 atom stereocenters. The number of likely N-dealkylation sites (tertiary alicyclic amines) is 1. The van der Waals surface area contributed by atoms with E-state index in [1.165, 1.54) is 0 Å². The molecule has 33 heavy (non-hydrogen) atoms. The number of carbonyl (C=O) groups is 2. The monoisotopic (exact) mass is 465 g/mol. The first-order chi connectivity index (χ1) is 15.6. The number of carbonyl (C=O) groups excluding carboxylic acids is 2. The van der Waals surface area contributed by atoms with E-state index in [0.29, 0.717) is 18.7 Å². The molecule has 1 N–H and O–H groups in total. The highest BCUT2D eigenvalue weighted by atomic mass is 19.3. The van der Waals surface area contributed by atoms with Crippen LogP contribution in [0.4, 0.5) is 23.5 Å². The third-order valence-electron chi connectivity index (χ3n) is 7.72. The quantitative estimate of drug-likeness (QED) is 0.702.